The molecule has 6 amide bonds. The van der Waals surface area contributed by atoms with Crippen LogP contribution in [0.4, 0.5) is 0 Å². The zero-order valence-corrected chi connectivity index (χ0v) is 39.9. The van der Waals surface area contributed by atoms with Crippen molar-refractivity contribution in [2.75, 3.05) is 41.4 Å². The number of thiocarbonyl (C=S) groups is 1. The Kier molecular flexibility index (Phi) is 21.2. The average Bonchev–Trinajstić information content (AvgIpc) is 3.86. The van der Waals surface area contributed by atoms with Crippen LogP contribution in [-0.4, -0.2) is 138 Å². The van der Waals surface area contributed by atoms with Gasteiger partial charge in [-0.25, -0.2) is 0 Å². The molecular weight excluding hydrogens is 809 g/mol. The standard InChI is InChI=1S/C47H74N6O8S/c1-12-32(6)43(36(60-10)28-40(57)52-27-19-22-35(52)44(61-11)33(7)46(62)48-29-34-20-15-13-16-21-34)51(9)47(59)41(30(2)3)49-45(58)42(31(4)5)50(8)37(54)23-17-14-18-26-53-38(55)24-25-39(53)56/h13,15-16,20-21,24-25,30-33,35-36,41-44H,12,14,17-19,22-23,26-29H2,1-11H3,(H,48,62)(H,49,58)/t32-,33+,35-,36+,41-,42-,43-,44+/m0/s1. The lowest BCUT2D eigenvalue weighted by molar-refractivity contribution is -0.148. The number of likely N-dealkylation sites (tertiary alicyclic amines) is 1. The summed E-state index contributed by atoms with van der Waals surface area (Å²) in [6.45, 7) is 15.0. The second-order valence-electron chi connectivity index (χ2n) is 17.7. The van der Waals surface area contributed by atoms with Crippen LogP contribution in [0, 0.1) is 23.7 Å². The van der Waals surface area contributed by atoms with E-state index in [1.807, 2.05) is 83.7 Å². The summed E-state index contributed by atoms with van der Waals surface area (Å²) in [4.78, 5) is 86.8. The Morgan fingerprint density at radius 3 is 2.10 bits per heavy atom. The van der Waals surface area contributed by atoms with Gasteiger partial charge in [0.25, 0.3) is 11.8 Å². The van der Waals surface area contributed by atoms with E-state index in [4.69, 9.17) is 21.7 Å². The van der Waals surface area contributed by atoms with Crippen LogP contribution in [0.3, 0.4) is 0 Å². The fourth-order valence-corrected chi connectivity index (χ4v) is 9.06. The van der Waals surface area contributed by atoms with Crippen molar-refractivity contribution in [1.82, 2.24) is 30.2 Å². The molecule has 2 aliphatic heterocycles. The van der Waals surface area contributed by atoms with Gasteiger partial charge in [-0.3, -0.25) is 33.7 Å². The van der Waals surface area contributed by atoms with Gasteiger partial charge in [0.05, 0.1) is 35.7 Å². The second-order valence-corrected chi connectivity index (χ2v) is 18.1. The molecule has 0 aliphatic carbocycles. The van der Waals surface area contributed by atoms with Crippen LogP contribution in [-0.2, 0) is 44.8 Å². The Balaban J connectivity index is 1.69. The van der Waals surface area contributed by atoms with Crippen LogP contribution in [0.1, 0.15) is 105 Å². The van der Waals surface area contributed by atoms with Gasteiger partial charge in [0.15, 0.2) is 0 Å². The maximum atomic E-state index is 14.5. The highest BCUT2D eigenvalue weighted by molar-refractivity contribution is 7.80. The third kappa shape index (κ3) is 13.9. The largest absolute Gasteiger partial charge is 0.379 e. The van der Waals surface area contributed by atoms with E-state index in [1.54, 1.807) is 33.2 Å². The number of carbonyl (C=O) groups excluding carboxylic acids is 6. The summed E-state index contributed by atoms with van der Waals surface area (Å²) in [7, 11) is 6.55. The molecule has 14 nitrogen and oxygen atoms in total. The number of rotatable bonds is 25. The number of unbranched alkanes of at least 4 members (excludes halogenated alkanes) is 2. The predicted octanol–water partition coefficient (Wildman–Crippen LogP) is 5.13. The molecule has 0 spiro atoms. The zero-order chi connectivity index (χ0) is 46.3. The van der Waals surface area contributed by atoms with E-state index in [0.29, 0.717) is 50.3 Å². The van der Waals surface area contributed by atoms with Crippen LogP contribution >= 0.6 is 12.2 Å². The zero-order valence-electron chi connectivity index (χ0n) is 39.1. The number of hydrogen-bond acceptors (Lipinski definition) is 9. The number of ether oxygens (including phenoxy) is 2. The third-order valence-electron chi connectivity index (χ3n) is 12.7. The molecule has 3 rings (SSSR count). The summed E-state index contributed by atoms with van der Waals surface area (Å²) in [5.41, 5.74) is 1.12. The average molecular weight is 883 g/mol. The lowest BCUT2D eigenvalue weighted by Crippen LogP contribution is -2.60. The van der Waals surface area contributed by atoms with E-state index in [9.17, 15) is 28.8 Å². The van der Waals surface area contributed by atoms with Crippen molar-refractivity contribution in [3.8, 4) is 0 Å². The van der Waals surface area contributed by atoms with Gasteiger partial charge >= 0.3 is 0 Å². The topological polar surface area (TPSA) is 158 Å². The van der Waals surface area contributed by atoms with Crippen LogP contribution in [0.15, 0.2) is 42.5 Å². The second kappa shape index (κ2) is 25.2. The number of amides is 6. The van der Waals surface area contributed by atoms with Gasteiger partial charge in [-0.1, -0.05) is 104 Å². The minimum atomic E-state index is -0.909. The van der Waals surface area contributed by atoms with Crippen LogP contribution < -0.4 is 10.6 Å². The minimum Gasteiger partial charge on any atom is -0.379 e. The Hall–Kier alpha value is -4.21. The van der Waals surface area contributed by atoms with Crippen LogP contribution in [0.2, 0.25) is 0 Å². The highest BCUT2D eigenvalue weighted by Gasteiger charge is 2.43. The molecule has 0 radical (unpaired) electrons. The molecule has 1 aromatic rings. The molecule has 2 heterocycles. The number of imide groups is 1. The van der Waals surface area contributed by atoms with Gasteiger partial charge in [0.2, 0.25) is 23.6 Å². The van der Waals surface area contributed by atoms with Gasteiger partial charge in [-0.05, 0) is 49.0 Å². The summed E-state index contributed by atoms with van der Waals surface area (Å²) in [6.07, 6.45) is 5.84. The Morgan fingerprint density at radius 1 is 0.887 bits per heavy atom. The SMILES string of the molecule is CC[C@H](C)[C@@H]([C@@H](CC(=O)N1CCC[C@H]1[C@H](OC)[C@@H](C)C(=S)NCc1ccccc1)OC)N(C)C(=O)[C@@H](NC(=O)[C@H](C(C)C)N(C)C(=O)CCCCCN1C(=O)C=CC1=O)C(C)C. The summed E-state index contributed by atoms with van der Waals surface area (Å²) in [6, 6.07) is 7.62. The van der Waals surface area contributed by atoms with Crippen molar-refractivity contribution in [2.45, 2.75) is 143 Å². The lowest BCUT2D eigenvalue weighted by Gasteiger charge is -2.41. The first-order valence-corrected chi connectivity index (χ1v) is 22.8. The maximum Gasteiger partial charge on any atom is 0.253 e. The van der Waals surface area contributed by atoms with Crippen molar-refractivity contribution in [2.24, 2.45) is 23.7 Å². The minimum absolute atomic E-state index is 0.0495. The smallest absolute Gasteiger partial charge is 0.253 e. The Labute approximate surface area is 375 Å². The van der Waals surface area contributed by atoms with E-state index in [2.05, 4.69) is 10.6 Å². The number of benzene rings is 1. The molecule has 2 N–H and O–H groups in total. The van der Waals surface area contributed by atoms with Crippen molar-refractivity contribution in [3.05, 3.63) is 48.0 Å². The molecule has 15 heteroatoms. The van der Waals surface area contributed by atoms with Gasteiger partial charge in [-0.2, -0.15) is 0 Å². The molecule has 1 fully saturated rings. The first kappa shape index (κ1) is 52.1. The number of nitrogens with one attached hydrogen (secondary N) is 2. The first-order chi connectivity index (χ1) is 29.4. The summed E-state index contributed by atoms with van der Waals surface area (Å²) in [5.74, 6) is -2.43. The van der Waals surface area contributed by atoms with Crippen LogP contribution in [0.5, 0.6) is 0 Å². The normalized spacial score (nSPS) is 18.6. The number of hydrogen-bond donors (Lipinski definition) is 2. The molecular formula is C47H74N6O8S. The summed E-state index contributed by atoms with van der Waals surface area (Å²) < 4.78 is 12.1. The number of methoxy groups -OCH3 is 2. The van der Waals surface area contributed by atoms with Crippen molar-refractivity contribution in [1.29, 1.82) is 0 Å². The predicted molar refractivity (Wildman–Crippen MR) is 244 cm³/mol. The molecule has 8 atom stereocenters. The molecule has 0 saturated carbocycles. The Morgan fingerprint density at radius 2 is 1.53 bits per heavy atom. The molecule has 62 heavy (non-hydrogen) atoms. The molecule has 0 bridgehead atoms. The van der Waals surface area contributed by atoms with Crippen LogP contribution in [0.25, 0.3) is 0 Å². The Bertz CT molecular complexity index is 1690. The number of nitrogens with zero attached hydrogens (tertiary/aromatic N) is 4. The van der Waals surface area contributed by atoms with Crippen molar-refractivity contribution in [3.63, 3.8) is 0 Å². The van der Waals surface area contributed by atoms with Gasteiger partial charge in [0.1, 0.15) is 12.1 Å². The fourth-order valence-electron chi connectivity index (χ4n) is 8.86. The van der Waals surface area contributed by atoms with Crippen molar-refractivity contribution < 1.29 is 38.2 Å². The van der Waals surface area contributed by atoms with E-state index >= 15 is 0 Å². The monoisotopic (exact) mass is 883 g/mol. The molecule has 2 aliphatic rings. The first-order valence-electron chi connectivity index (χ1n) is 22.4. The van der Waals surface area contributed by atoms with Crippen molar-refractivity contribution >= 4 is 52.6 Å². The van der Waals surface area contributed by atoms with E-state index in [-0.39, 0.29) is 78.2 Å². The molecule has 1 saturated heterocycles. The lowest BCUT2D eigenvalue weighted by atomic mass is 9.89. The van der Waals surface area contributed by atoms with Gasteiger partial charge in [0, 0.05) is 72.4 Å². The fraction of sp³-hybridized carbons (Fsp3) is 0.681. The molecule has 0 unspecified atom stereocenters. The third-order valence-corrected chi connectivity index (χ3v) is 13.2. The van der Waals surface area contributed by atoms with E-state index in [0.717, 1.165) is 18.4 Å². The highest BCUT2D eigenvalue weighted by atomic mass is 32.1. The summed E-state index contributed by atoms with van der Waals surface area (Å²) in [5, 5.41) is 6.38. The molecule has 0 aromatic heterocycles. The summed E-state index contributed by atoms with van der Waals surface area (Å²) >= 11 is 5.82. The molecule has 346 valence electrons. The molecule has 1 aromatic carbocycles. The van der Waals surface area contributed by atoms with E-state index < -0.39 is 30.1 Å². The van der Waals surface area contributed by atoms with Gasteiger partial charge in [-0.15, -0.1) is 0 Å². The maximum absolute atomic E-state index is 14.5. The van der Waals surface area contributed by atoms with Gasteiger partial charge < -0.3 is 34.8 Å². The quantitative estimate of drug-likeness (QED) is 0.0767. The highest BCUT2D eigenvalue weighted by Crippen LogP contribution is 2.30. The van der Waals surface area contributed by atoms with E-state index in [1.165, 1.54) is 22.0 Å². The number of likely N-dealkylation sites (N-methyl/N-ethyl adjacent to an activating group) is 2. The number of carbonyl (C=O) groups is 6.